The third-order valence-corrected chi connectivity index (χ3v) is 3.62. The van der Waals surface area contributed by atoms with Crippen LogP contribution in [0.2, 0.25) is 0 Å². The van der Waals surface area contributed by atoms with Crippen molar-refractivity contribution in [3.63, 3.8) is 0 Å². The second-order valence-corrected chi connectivity index (χ2v) is 4.90. The van der Waals surface area contributed by atoms with E-state index >= 15 is 0 Å². The number of amides is 1. The highest BCUT2D eigenvalue weighted by Crippen LogP contribution is 2.26. The maximum atomic E-state index is 11.6. The Hall–Kier alpha value is -0.280. The molecule has 1 fully saturated rings. The van der Waals surface area contributed by atoms with Crippen LogP contribution in [0.25, 0.3) is 0 Å². The lowest BCUT2D eigenvalue weighted by atomic mass is 9.84. The molecule has 17 heavy (non-hydrogen) atoms. The predicted octanol–water partition coefficient (Wildman–Crippen LogP) is 2.49. The lowest BCUT2D eigenvalue weighted by Crippen LogP contribution is -2.37. The van der Waals surface area contributed by atoms with E-state index in [1.165, 1.54) is 32.1 Å². The van der Waals surface area contributed by atoms with Crippen LogP contribution in [0.4, 0.5) is 0 Å². The van der Waals surface area contributed by atoms with Crippen LogP contribution in [0.3, 0.4) is 0 Å². The molecule has 0 heterocycles. The van der Waals surface area contributed by atoms with Gasteiger partial charge in [-0.3, -0.25) is 4.79 Å². The van der Waals surface area contributed by atoms with Crippen molar-refractivity contribution in [1.29, 1.82) is 0 Å². The average Bonchev–Trinajstić information content (AvgIpc) is 2.30. The molecule has 1 saturated carbocycles. The Bertz CT molecular complexity index is 204. The van der Waals surface area contributed by atoms with Crippen LogP contribution >= 0.6 is 12.4 Å². The molecule has 3 nitrogen and oxygen atoms in total. The van der Waals surface area contributed by atoms with E-state index in [0.717, 1.165) is 18.9 Å². The lowest BCUT2D eigenvalue weighted by molar-refractivity contribution is -0.122. The zero-order chi connectivity index (χ0) is 11.8. The van der Waals surface area contributed by atoms with E-state index < -0.39 is 0 Å². The van der Waals surface area contributed by atoms with Crippen LogP contribution in [0.5, 0.6) is 0 Å². The second-order valence-electron chi connectivity index (χ2n) is 4.90. The summed E-state index contributed by atoms with van der Waals surface area (Å²) >= 11 is 0. The Morgan fingerprint density at radius 2 is 1.88 bits per heavy atom. The smallest absolute Gasteiger partial charge is 0.220 e. The molecule has 0 atom stereocenters. The third kappa shape index (κ3) is 6.89. The van der Waals surface area contributed by atoms with Gasteiger partial charge in [0.1, 0.15) is 0 Å². The Morgan fingerprint density at radius 3 is 2.41 bits per heavy atom. The summed E-state index contributed by atoms with van der Waals surface area (Å²) < 4.78 is 0. The number of rotatable bonds is 6. The summed E-state index contributed by atoms with van der Waals surface area (Å²) in [6, 6.07) is 0.449. The highest BCUT2D eigenvalue weighted by molar-refractivity contribution is 5.85. The first-order chi connectivity index (χ1) is 7.76. The van der Waals surface area contributed by atoms with E-state index in [0.29, 0.717) is 12.5 Å². The fourth-order valence-electron chi connectivity index (χ4n) is 2.44. The average molecular weight is 263 g/mol. The van der Waals surface area contributed by atoms with Crippen molar-refractivity contribution in [1.82, 2.24) is 10.6 Å². The molecule has 0 aromatic heterocycles. The maximum Gasteiger partial charge on any atom is 0.220 e. The molecule has 0 spiro atoms. The van der Waals surface area contributed by atoms with Gasteiger partial charge in [-0.05, 0) is 51.6 Å². The van der Waals surface area contributed by atoms with E-state index in [9.17, 15) is 4.79 Å². The molecule has 1 amide bonds. The largest absolute Gasteiger partial charge is 0.353 e. The fourth-order valence-corrected chi connectivity index (χ4v) is 2.44. The van der Waals surface area contributed by atoms with Gasteiger partial charge in [0, 0.05) is 12.5 Å². The van der Waals surface area contributed by atoms with Crippen LogP contribution in [0, 0.1) is 5.92 Å². The Balaban J connectivity index is 0.00000256. The van der Waals surface area contributed by atoms with Crippen LogP contribution in [-0.4, -0.2) is 25.5 Å². The molecule has 0 radical (unpaired) electrons. The number of hydrogen-bond donors (Lipinski definition) is 2. The summed E-state index contributed by atoms with van der Waals surface area (Å²) in [7, 11) is 1.92. The first-order valence-electron chi connectivity index (χ1n) is 6.70. The molecule has 102 valence electrons. The maximum absolute atomic E-state index is 11.6. The summed E-state index contributed by atoms with van der Waals surface area (Å²) in [6.45, 7) is 3.19. The van der Waals surface area contributed by atoms with Gasteiger partial charge in [0.05, 0.1) is 0 Å². The number of halogens is 1. The normalized spacial score (nSPS) is 23.9. The highest BCUT2D eigenvalue weighted by Gasteiger charge is 2.20. The molecular weight excluding hydrogens is 236 g/mol. The molecular formula is C13H27ClN2O. The second kappa shape index (κ2) is 9.72. The molecule has 1 rings (SSSR count). The first-order valence-corrected chi connectivity index (χ1v) is 6.70. The van der Waals surface area contributed by atoms with Crippen molar-refractivity contribution >= 4 is 18.3 Å². The summed E-state index contributed by atoms with van der Waals surface area (Å²) in [5.41, 5.74) is 0. The number of hydrogen-bond acceptors (Lipinski definition) is 2. The van der Waals surface area contributed by atoms with E-state index in [-0.39, 0.29) is 18.3 Å². The summed E-state index contributed by atoms with van der Waals surface area (Å²) in [4.78, 5) is 11.6. The number of carbonyl (C=O) groups excluding carboxylic acids is 1. The topological polar surface area (TPSA) is 41.1 Å². The summed E-state index contributed by atoms with van der Waals surface area (Å²) in [6.07, 6.45) is 7.83. The summed E-state index contributed by atoms with van der Waals surface area (Å²) in [5, 5.41) is 6.22. The van der Waals surface area contributed by atoms with E-state index in [1.807, 2.05) is 7.05 Å². The van der Waals surface area contributed by atoms with Gasteiger partial charge in [-0.1, -0.05) is 13.3 Å². The molecule has 0 aromatic rings. The van der Waals surface area contributed by atoms with Crippen molar-refractivity contribution < 1.29 is 4.79 Å². The number of nitrogens with one attached hydrogen (secondary N) is 2. The zero-order valence-corrected chi connectivity index (χ0v) is 11.9. The molecule has 1 aliphatic rings. The van der Waals surface area contributed by atoms with E-state index in [4.69, 9.17) is 0 Å². The molecule has 0 aliphatic heterocycles. The third-order valence-electron chi connectivity index (χ3n) is 3.62. The van der Waals surface area contributed by atoms with Crippen molar-refractivity contribution in [2.24, 2.45) is 5.92 Å². The minimum atomic E-state index is 0. The molecule has 0 bridgehead atoms. The van der Waals surface area contributed by atoms with Crippen molar-refractivity contribution in [3.05, 3.63) is 0 Å². The van der Waals surface area contributed by atoms with Crippen LogP contribution < -0.4 is 10.6 Å². The SMILES string of the molecule is CCC1CCC(NC(=O)CCCNC)CC1.Cl. The van der Waals surface area contributed by atoms with Gasteiger partial charge < -0.3 is 10.6 Å². The van der Waals surface area contributed by atoms with Gasteiger partial charge in [-0.2, -0.15) is 0 Å². The minimum Gasteiger partial charge on any atom is -0.353 e. The zero-order valence-electron chi connectivity index (χ0n) is 11.1. The standard InChI is InChI=1S/C13H26N2O.ClH/c1-3-11-6-8-12(9-7-11)15-13(16)5-4-10-14-2;/h11-12,14H,3-10H2,1-2H3,(H,15,16);1H. The molecule has 0 saturated heterocycles. The minimum absolute atomic E-state index is 0. The Morgan fingerprint density at radius 1 is 1.24 bits per heavy atom. The van der Waals surface area contributed by atoms with Crippen molar-refractivity contribution in [2.45, 2.75) is 57.9 Å². The Labute approximate surface area is 112 Å². The molecule has 4 heteroatoms. The van der Waals surface area contributed by atoms with Gasteiger partial charge in [0.2, 0.25) is 5.91 Å². The molecule has 2 N–H and O–H groups in total. The van der Waals surface area contributed by atoms with Gasteiger partial charge in [-0.25, -0.2) is 0 Å². The van der Waals surface area contributed by atoms with Crippen molar-refractivity contribution in [3.8, 4) is 0 Å². The fraction of sp³-hybridized carbons (Fsp3) is 0.923. The van der Waals surface area contributed by atoms with Gasteiger partial charge in [0.25, 0.3) is 0 Å². The quantitative estimate of drug-likeness (QED) is 0.722. The molecule has 0 aromatic carbocycles. The lowest BCUT2D eigenvalue weighted by Gasteiger charge is -2.28. The van der Waals surface area contributed by atoms with Gasteiger partial charge in [0.15, 0.2) is 0 Å². The van der Waals surface area contributed by atoms with Crippen molar-refractivity contribution in [2.75, 3.05) is 13.6 Å². The van der Waals surface area contributed by atoms with Crippen LogP contribution in [0.15, 0.2) is 0 Å². The van der Waals surface area contributed by atoms with Gasteiger partial charge in [-0.15, -0.1) is 12.4 Å². The molecule has 1 aliphatic carbocycles. The van der Waals surface area contributed by atoms with Crippen LogP contribution in [0.1, 0.15) is 51.9 Å². The van der Waals surface area contributed by atoms with E-state index in [1.54, 1.807) is 0 Å². The van der Waals surface area contributed by atoms with E-state index in [2.05, 4.69) is 17.6 Å². The number of carbonyl (C=O) groups is 1. The summed E-state index contributed by atoms with van der Waals surface area (Å²) in [5.74, 6) is 1.13. The Kier molecular flexibility index (Phi) is 9.56. The van der Waals surface area contributed by atoms with Gasteiger partial charge >= 0.3 is 0 Å². The van der Waals surface area contributed by atoms with Crippen LogP contribution in [-0.2, 0) is 4.79 Å². The highest BCUT2D eigenvalue weighted by atomic mass is 35.5. The first kappa shape index (κ1) is 16.7. The predicted molar refractivity (Wildman–Crippen MR) is 74.6 cm³/mol. The monoisotopic (exact) mass is 262 g/mol. The molecule has 0 unspecified atom stereocenters.